The van der Waals surface area contributed by atoms with Crippen molar-refractivity contribution in [1.29, 1.82) is 0 Å². The summed E-state index contributed by atoms with van der Waals surface area (Å²) >= 11 is 0. The highest BCUT2D eigenvalue weighted by Crippen LogP contribution is 2.23. The third-order valence-corrected chi connectivity index (χ3v) is 8.57. The third-order valence-electron chi connectivity index (χ3n) is 8.57. The van der Waals surface area contributed by atoms with Crippen LogP contribution in [0.25, 0.3) is 0 Å². The quantitative estimate of drug-likeness (QED) is 0.112. The van der Waals surface area contributed by atoms with E-state index in [0.717, 1.165) is 39.2 Å². The Morgan fingerprint density at radius 1 is 0.750 bits per heavy atom. The molecule has 1 saturated heterocycles. The van der Waals surface area contributed by atoms with Crippen molar-refractivity contribution < 1.29 is 14.3 Å². The van der Waals surface area contributed by atoms with Gasteiger partial charge in [-0.15, -0.1) is 0 Å². The first-order chi connectivity index (χ1) is 21.5. The first kappa shape index (κ1) is 38.0. The molecule has 1 fully saturated rings. The van der Waals surface area contributed by atoms with Gasteiger partial charge in [-0.1, -0.05) is 111 Å². The zero-order chi connectivity index (χ0) is 31.8. The summed E-state index contributed by atoms with van der Waals surface area (Å²) in [6.07, 6.45) is 22.0. The van der Waals surface area contributed by atoms with Crippen LogP contribution in [0.3, 0.4) is 0 Å². The van der Waals surface area contributed by atoms with Crippen LogP contribution in [0.4, 0.5) is 11.9 Å². The molecular formula is C34H65N7O3. The minimum absolute atomic E-state index is 0.0238. The Morgan fingerprint density at radius 3 is 1.93 bits per heavy atom. The molecule has 0 aromatic carbocycles. The second-order valence-corrected chi connectivity index (χ2v) is 12.5. The van der Waals surface area contributed by atoms with Crippen molar-refractivity contribution in [3.8, 4) is 6.01 Å². The van der Waals surface area contributed by atoms with Crippen LogP contribution in [-0.4, -0.2) is 91.4 Å². The van der Waals surface area contributed by atoms with Crippen LogP contribution in [0.15, 0.2) is 0 Å². The van der Waals surface area contributed by atoms with Crippen molar-refractivity contribution in [2.75, 3.05) is 69.4 Å². The molecule has 0 saturated carbocycles. The predicted molar refractivity (Wildman–Crippen MR) is 182 cm³/mol. The molecule has 10 heteroatoms. The third kappa shape index (κ3) is 16.2. The van der Waals surface area contributed by atoms with Crippen LogP contribution in [0, 0.1) is 0 Å². The average molecular weight is 620 g/mol. The maximum absolute atomic E-state index is 11.6. The number of anilines is 2. The monoisotopic (exact) mass is 620 g/mol. The molecule has 1 aromatic heterocycles. The van der Waals surface area contributed by atoms with E-state index in [0.29, 0.717) is 31.2 Å². The van der Waals surface area contributed by atoms with Crippen molar-refractivity contribution in [3.63, 3.8) is 0 Å². The molecule has 2 rings (SSSR count). The molecule has 2 N–H and O–H groups in total. The number of hydrogen-bond donors (Lipinski definition) is 1. The Labute approximate surface area is 268 Å². The molecule has 44 heavy (non-hydrogen) atoms. The summed E-state index contributed by atoms with van der Waals surface area (Å²) in [6.45, 7) is 12.1. The van der Waals surface area contributed by atoms with Gasteiger partial charge >= 0.3 is 6.01 Å². The van der Waals surface area contributed by atoms with Gasteiger partial charge in [0.15, 0.2) is 0 Å². The molecule has 2 heterocycles. The number of amides is 1. The van der Waals surface area contributed by atoms with E-state index >= 15 is 0 Å². The molecule has 1 amide bonds. The normalized spacial score (nSPS) is 14.6. The van der Waals surface area contributed by atoms with Gasteiger partial charge in [0.1, 0.15) is 6.61 Å². The fraction of sp³-hybridized carbons (Fsp3) is 0.882. The lowest BCUT2D eigenvalue weighted by Crippen LogP contribution is -2.51. The largest absolute Gasteiger partial charge is 0.461 e. The molecular weight excluding hydrogens is 554 g/mol. The fourth-order valence-corrected chi connectivity index (χ4v) is 5.88. The molecule has 1 aromatic rings. The van der Waals surface area contributed by atoms with Gasteiger partial charge < -0.3 is 25.0 Å². The topological polar surface area (TPSA) is 110 Å². The molecule has 1 atom stereocenters. The molecule has 0 bridgehead atoms. The summed E-state index contributed by atoms with van der Waals surface area (Å²) in [4.78, 5) is 32.1. The predicted octanol–water partition coefficient (Wildman–Crippen LogP) is 6.37. The molecule has 0 spiro atoms. The lowest BCUT2D eigenvalue weighted by molar-refractivity contribution is -0.116. The van der Waals surface area contributed by atoms with E-state index in [9.17, 15) is 4.79 Å². The van der Waals surface area contributed by atoms with Crippen LogP contribution in [0.1, 0.15) is 130 Å². The second-order valence-electron chi connectivity index (χ2n) is 12.5. The summed E-state index contributed by atoms with van der Waals surface area (Å²) < 4.78 is 11.7. The Morgan fingerprint density at radius 2 is 1.32 bits per heavy atom. The van der Waals surface area contributed by atoms with Crippen LogP contribution in [0.2, 0.25) is 0 Å². The van der Waals surface area contributed by atoms with Crippen LogP contribution < -0.4 is 20.3 Å². The molecule has 10 nitrogen and oxygen atoms in total. The minimum Gasteiger partial charge on any atom is -0.461 e. The first-order valence-corrected chi connectivity index (χ1v) is 17.9. The Bertz CT molecular complexity index is 867. The van der Waals surface area contributed by atoms with Gasteiger partial charge in [-0.3, -0.25) is 9.69 Å². The van der Waals surface area contributed by atoms with Gasteiger partial charge in [-0.2, -0.15) is 15.0 Å². The highest BCUT2D eigenvalue weighted by Gasteiger charge is 2.26. The highest BCUT2D eigenvalue weighted by atomic mass is 16.5. The number of carbonyl (C=O) groups is 1. The summed E-state index contributed by atoms with van der Waals surface area (Å²) in [5.41, 5.74) is 5.46. The van der Waals surface area contributed by atoms with Gasteiger partial charge in [-0.05, 0) is 19.3 Å². The molecule has 1 aliphatic heterocycles. The van der Waals surface area contributed by atoms with Crippen molar-refractivity contribution in [1.82, 2.24) is 19.9 Å². The molecule has 0 aliphatic carbocycles. The van der Waals surface area contributed by atoms with Gasteiger partial charge in [-0.25, -0.2) is 0 Å². The molecule has 254 valence electrons. The van der Waals surface area contributed by atoms with Gasteiger partial charge in [0.05, 0.1) is 13.2 Å². The van der Waals surface area contributed by atoms with Crippen LogP contribution in [0.5, 0.6) is 6.01 Å². The summed E-state index contributed by atoms with van der Waals surface area (Å²) in [7, 11) is 1.76. The van der Waals surface area contributed by atoms with E-state index in [2.05, 4.69) is 40.5 Å². The Kier molecular flexibility index (Phi) is 20.8. The number of ether oxygens (including phenoxy) is 2. The Hall–Kier alpha value is -2.20. The van der Waals surface area contributed by atoms with E-state index < -0.39 is 5.91 Å². The number of nitrogens with two attached hydrogens (primary N) is 1. The van der Waals surface area contributed by atoms with E-state index in [-0.39, 0.29) is 12.6 Å². The van der Waals surface area contributed by atoms with Crippen LogP contribution >= 0.6 is 0 Å². The van der Waals surface area contributed by atoms with Gasteiger partial charge in [0.2, 0.25) is 17.8 Å². The molecule has 1 unspecified atom stereocenters. The summed E-state index contributed by atoms with van der Waals surface area (Å²) in [6, 6.07) is 0.911. The van der Waals surface area contributed by atoms with Crippen molar-refractivity contribution in [3.05, 3.63) is 0 Å². The van der Waals surface area contributed by atoms with Gasteiger partial charge in [0.25, 0.3) is 0 Å². The highest BCUT2D eigenvalue weighted by molar-refractivity contribution is 5.78. The maximum Gasteiger partial charge on any atom is 0.323 e. The molecule has 0 radical (unpaired) electrons. The number of likely N-dealkylation sites (N-methyl/N-ethyl adjacent to an activating group) is 1. The number of piperazine rings is 1. The number of primary amides is 1. The number of carbonyl (C=O) groups excluding carboxylic acids is 1. The number of nitrogens with zero attached hydrogens (tertiary/aromatic N) is 6. The SMILES string of the molecule is CCCCCCCCOCCOc1nc(N(C)CC(N)=O)nc(N2CCN(C(CCCCCC)CCCCCCC)CC2)n1. The smallest absolute Gasteiger partial charge is 0.323 e. The van der Waals surface area contributed by atoms with Crippen LogP contribution in [-0.2, 0) is 9.53 Å². The summed E-state index contributed by atoms with van der Waals surface area (Å²) in [5.74, 6) is 0.543. The zero-order valence-electron chi connectivity index (χ0n) is 28.7. The Balaban J connectivity index is 1.95. The molecule has 1 aliphatic rings. The second kappa shape index (κ2) is 24.1. The summed E-state index contributed by atoms with van der Waals surface area (Å²) in [5, 5.41) is 0. The fourth-order valence-electron chi connectivity index (χ4n) is 5.88. The van der Waals surface area contributed by atoms with E-state index in [4.69, 9.17) is 20.2 Å². The van der Waals surface area contributed by atoms with E-state index in [1.54, 1.807) is 11.9 Å². The number of hydrogen-bond acceptors (Lipinski definition) is 9. The lowest BCUT2D eigenvalue weighted by atomic mass is 9.98. The van der Waals surface area contributed by atoms with Crippen molar-refractivity contribution in [2.24, 2.45) is 5.73 Å². The number of unbranched alkanes of at least 4 members (excludes halogenated alkanes) is 12. The standard InChI is InChI=1S/C34H65N7O3/c1-5-8-11-14-16-19-26-43-27-28-44-34-37-32(39(4)29-31(35)42)36-33(38-34)41-24-22-40(23-25-41)30(20-17-13-10-7-3)21-18-15-12-9-6-2/h30H,5-29H2,1-4H3,(H2,35,42). The first-order valence-electron chi connectivity index (χ1n) is 17.9. The maximum atomic E-state index is 11.6. The van der Waals surface area contributed by atoms with E-state index in [1.807, 2.05) is 0 Å². The number of aromatic nitrogens is 3. The van der Waals surface area contributed by atoms with E-state index in [1.165, 1.54) is 103 Å². The zero-order valence-corrected chi connectivity index (χ0v) is 28.7. The van der Waals surface area contributed by atoms with Crippen molar-refractivity contribution in [2.45, 2.75) is 136 Å². The minimum atomic E-state index is -0.437. The lowest BCUT2D eigenvalue weighted by Gasteiger charge is -2.39. The van der Waals surface area contributed by atoms with Gasteiger partial charge in [0, 0.05) is 45.9 Å². The average Bonchev–Trinajstić information content (AvgIpc) is 3.02. The number of rotatable bonds is 27. The van der Waals surface area contributed by atoms with Crippen molar-refractivity contribution >= 4 is 17.8 Å².